The van der Waals surface area contributed by atoms with Crippen LogP contribution in [0.5, 0.6) is 0 Å². The Morgan fingerprint density at radius 2 is 1.96 bits per heavy atom. The van der Waals surface area contributed by atoms with Gasteiger partial charge in [0, 0.05) is 17.9 Å². The molecule has 1 atom stereocenters. The fourth-order valence-corrected chi connectivity index (χ4v) is 3.80. The highest BCUT2D eigenvalue weighted by Crippen LogP contribution is 2.23. The summed E-state index contributed by atoms with van der Waals surface area (Å²) in [7, 11) is 0. The van der Waals surface area contributed by atoms with Gasteiger partial charge in [-0.3, -0.25) is 20.4 Å². The molecule has 8 heteroatoms. The zero-order chi connectivity index (χ0) is 19.3. The fourth-order valence-electron chi connectivity index (χ4n) is 2.96. The largest absolute Gasteiger partial charge is 0.368 e. The second kappa shape index (κ2) is 8.45. The molecule has 0 bridgehead atoms. The number of hydrogen-bond donors (Lipinski definition) is 3. The molecule has 1 aliphatic heterocycles. The minimum atomic E-state index is -0.474. The van der Waals surface area contributed by atoms with E-state index in [0.717, 1.165) is 33.9 Å². The van der Waals surface area contributed by atoms with Crippen LogP contribution in [0.1, 0.15) is 28.8 Å². The summed E-state index contributed by atoms with van der Waals surface area (Å²) in [4.78, 5) is 31.8. The molecule has 3 N–H and O–H groups in total. The van der Waals surface area contributed by atoms with Gasteiger partial charge < -0.3 is 9.72 Å². The third kappa shape index (κ3) is 4.35. The van der Waals surface area contributed by atoms with E-state index in [1.54, 1.807) is 23.9 Å². The number of aromatic nitrogens is 2. The maximum absolute atomic E-state index is 12.2. The summed E-state index contributed by atoms with van der Waals surface area (Å²) in [6.45, 7) is 0.583. The molecule has 0 radical (unpaired) electrons. The first kappa shape index (κ1) is 18.5. The molecule has 28 heavy (non-hydrogen) atoms. The lowest BCUT2D eigenvalue weighted by Gasteiger charge is -2.11. The van der Waals surface area contributed by atoms with Crippen molar-refractivity contribution in [1.82, 2.24) is 20.8 Å². The first-order valence-electron chi connectivity index (χ1n) is 9.07. The molecule has 1 aromatic heterocycles. The molecule has 0 saturated carbocycles. The van der Waals surface area contributed by atoms with E-state index in [1.165, 1.54) is 0 Å². The highest BCUT2D eigenvalue weighted by Gasteiger charge is 2.23. The van der Waals surface area contributed by atoms with E-state index in [4.69, 9.17) is 4.74 Å². The van der Waals surface area contributed by atoms with Crippen LogP contribution in [0.4, 0.5) is 0 Å². The van der Waals surface area contributed by atoms with Crippen molar-refractivity contribution in [2.24, 2.45) is 0 Å². The summed E-state index contributed by atoms with van der Waals surface area (Å²) in [6, 6.07) is 15.2. The van der Waals surface area contributed by atoms with E-state index in [1.807, 2.05) is 36.4 Å². The third-order valence-corrected chi connectivity index (χ3v) is 5.43. The van der Waals surface area contributed by atoms with Crippen LogP contribution < -0.4 is 10.9 Å². The van der Waals surface area contributed by atoms with Crippen LogP contribution in [0, 0.1) is 0 Å². The number of hydrogen-bond acceptors (Lipinski definition) is 5. The zero-order valence-corrected chi connectivity index (χ0v) is 15.9. The minimum Gasteiger partial charge on any atom is -0.368 e. The van der Waals surface area contributed by atoms with Crippen molar-refractivity contribution < 1.29 is 14.3 Å². The average molecular weight is 396 g/mol. The van der Waals surface area contributed by atoms with Gasteiger partial charge in [-0.15, -0.1) is 0 Å². The van der Waals surface area contributed by atoms with E-state index in [-0.39, 0.29) is 11.8 Å². The lowest BCUT2D eigenvalue weighted by Crippen LogP contribution is -2.46. The number of fused-ring (bicyclic) bond motifs is 1. The number of aromatic amines is 1. The van der Waals surface area contributed by atoms with Crippen molar-refractivity contribution >= 4 is 34.6 Å². The number of ether oxygens (including phenoxy) is 1. The van der Waals surface area contributed by atoms with Crippen molar-refractivity contribution in [3.8, 4) is 0 Å². The highest BCUT2D eigenvalue weighted by molar-refractivity contribution is 7.98. The Morgan fingerprint density at radius 1 is 1.14 bits per heavy atom. The molecular weight excluding hydrogens is 376 g/mol. The smallest absolute Gasteiger partial charge is 0.269 e. The number of para-hydroxylation sites is 2. The Bertz CT molecular complexity index is 948. The predicted molar refractivity (Wildman–Crippen MR) is 107 cm³/mol. The normalized spacial score (nSPS) is 16.2. The van der Waals surface area contributed by atoms with E-state index < -0.39 is 6.10 Å². The number of thioether (sulfide) groups is 1. The Kier molecular flexibility index (Phi) is 5.59. The molecule has 7 nitrogen and oxygen atoms in total. The number of carbonyl (C=O) groups is 2. The second-order valence-electron chi connectivity index (χ2n) is 6.49. The Labute approximate surface area is 166 Å². The molecule has 1 saturated heterocycles. The van der Waals surface area contributed by atoms with E-state index in [0.29, 0.717) is 18.6 Å². The van der Waals surface area contributed by atoms with Crippen LogP contribution in [-0.2, 0) is 15.3 Å². The molecular formula is C20H20N4O3S. The minimum absolute atomic E-state index is 0.315. The molecule has 2 heterocycles. The van der Waals surface area contributed by atoms with Gasteiger partial charge >= 0.3 is 0 Å². The summed E-state index contributed by atoms with van der Waals surface area (Å²) < 4.78 is 5.28. The molecule has 1 aliphatic rings. The quantitative estimate of drug-likeness (QED) is 0.455. The van der Waals surface area contributed by atoms with Gasteiger partial charge in [0.15, 0.2) is 5.16 Å². The molecule has 3 aromatic rings. The van der Waals surface area contributed by atoms with Gasteiger partial charge in [-0.05, 0) is 42.7 Å². The number of H-pyrrole nitrogens is 1. The van der Waals surface area contributed by atoms with Crippen LogP contribution in [0.3, 0.4) is 0 Å². The lowest BCUT2D eigenvalue weighted by atomic mass is 10.1. The SMILES string of the molecule is O=C(NNC(=O)C1CCCO1)c1ccc(CSc2nc3ccccc3[nH]2)cc1. The number of nitrogens with one attached hydrogen (secondary N) is 3. The van der Waals surface area contributed by atoms with Gasteiger partial charge in [-0.2, -0.15) is 0 Å². The van der Waals surface area contributed by atoms with E-state index in [2.05, 4.69) is 20.8 Å². The molecule has 2 aromatic carbocycles. The van der Waals surface area contributed by atoms with Crippen LogP contribution in [0.2, 0.25) is 0 Å². The summed E-state index contributed by atoms with van der Waals surface area (Å²) in [5.41, 5.74) is 8.36. The van der Waals surface area contributed by atoms with E-state index >= 15 is 0 Å². The fraction of sp³-hybridized carbons (Fsp3) is 0.250. The van der Waals surface area contributed by atoms with E-state index in [9.17, 15) is 9.59 Å². The first-order chi connectivity index (χ1) is 13.7. The molecule has 1 unspecified atom stereocenters. The Hall–Kier alpha value is -2.84. The first-order valence-corrected chi connectivity index (χ1v) is 10.1. The number of hydrazine groups is 1. The zero-order valence-electron chi connectivity index (χ0n) is 15.1. The number of benzene rings is 2. The highest BCUT2D eigenvalue weighted by atomic mass is 32.2. The van der Waals surface area contributed by atoms with Gasteiger partial charge in [0.1, 0.15) is 6.10 Å². The van der Waals surface area contributed by atoms with Crippen molar-refractivity contribution in [1.29, 1.82) is 0 Å². The summed E-state index contributed by atoms with van der Waals surface area (Å²) in [5.74, 6) is 0.0600. The maximum Gasteiger partial charge on any atom is 0.269 e. The Morgan fingerprint density at radius 3 is 2.71 bits per heavy atom. The Balaban J connectivity index is 1.29. The van der Waals surface area contributed by atoms with Gasteiger partial charge in [-0.1, -0.05) is 36.0 Å². The maximum atomic E-state index is 12.2. The van der Waals surface area contributed by atoms with Gasteiger partial charge in [0.25, 0.3) is 11.8 Å². The molecule has 2 amide bonds. The molecule has 0 aliphatic carbocycles. The third-order valence-electron chi connectivity index (χ3n) is 4.48. The predicted octanol–water partition coefficient (Wildman–Crippen LogP) is 2.80. The van der Waals surface area contributed by atoms with Gasteiger partial charge in [-0.25, -0.2) is 4.98 Å². The molecule has 1 fully saturated rings. The van der Waals surface area contributed by atoms with Gasteiger partial charge in [0.2, 0.25) is 0 Å². The topological polar surface area (TPSA) is 96.1 Å². The van der Waals surface area contributed by atoms with Crippen LogP contribution >= 0.6 is 11.8 Å². The van der Waals surface area contributed by atoms with Crippen molar-refractivity contribution in [2.75, 3.05) is 6.61 Å². The summed E-state index contributed by atoms with van der Waals surface area (Å²) in [6.07, 6.45) is 1.07. The average Bonchev–Trinajstić information content (AvgIpc) is 3.40. The van der Waals surface area contributed by atoms with Crippen LogP contribution in [0.25, 0.3) is 11.0 Å². The number of rotatable bonds is 5. The van der Waals surface area contributed by atoms with Crippen molar-refractivity contribution in [2.45, 2.75) is 29.9 Å². The number of amides is 2. The number of imidazole rings is 1. The number of nitrogens with zero attached hydrogens (tertiary/aromatic N) is 1. The standard InChI is InChI=1S/C20H20N4O3S/c25-18(23-24-19(26)17-6-3-11-27-17)14-9-7-13(8-10-14)12-28-20-21-15-4-1-2-5-16(15)22-20/h1-2,4-5,7-10,17H,3,6,11-12H2,(H,21,22)(H,23,25)(H,24,26). The molecule has 144 valence electrons. The van der Waals surface area contributed by atoms with Crippen LogP contribution in [-0.4, -0.2) is 34.5 Å². The van der Waals surface area contributed by atoms with Crippen molar-refractivity contribution in [3.05, 3.63) is 59.7 Å². The second-order valence-corrected chi connectivity index (χ2v) is 7.45. The monoisotopic (exact) mass is 396 g/mol. The van der Waals surface area contributed by atoms with Gasteiger partial charge in [0.05, 0.1) is 11.0 Å². The molecule has 4 rings (SSSR count). The lowest BCUT2D eigenvalue weighted by molar-refractivity contribution is -0.130. The summed E-state index contributed by atoms with van der Waals surface area (Å²) >= 11 is 1.60. The summed E-state index contributed by atoms with van der Waals surface area (Å²) in [5, 5.41) is 0.861. The number of carbonyl (C=O) groups excluding carboxylic acids is 2. The van der Waals surface area contributed by atoms with Crippen molar-refractivity contribution in [3.63, 3.8) is 0 Å². The molecule has 0 spiro atoms. The van der Waals surface area contributed by atoms with Crippen LogP contribution in [0.15, 0.2) is 53.7 Å².